The van der Waals surface area contributed by atoms with Gasteiger partial charge < -0.3 is 10.1 Å². The minimum Gasteiger partial charge on any atom is -0.493 e. The molecule has 0 atom stereocenters. The van der Waals surface area contributed by atoms with Gasteiger partial charge in [-0.3, -0.25) is 0 Å². The molecule has 94 valence electrons. The highest BCUT2D eigenvalue weighted by atomic mass is 79.9. The van der Waals surface area contributed by atoms with Crippen LogP contribution < -0.4 is 10.1 Å². The molecule has 0 bridgehead atoms. The van der Waals surface area contributed by atoms with Crippen molar-refractivity contribution in [3.63, 3.8) is 0 Å². The Balaban J connectivity index is 1.69. The highest BCUT2D eigenvalue weighted by Gasteiger charge is 2.16. The van der Waals surface area contributed by atoms with Crippen molar-refractivity contribution >= 4 is 27.3 Å². The Labute approximate surface area is 119 Å². The summed E-state index contributed by atoms with van der Waals surface area (Å²) >= 11 is 5.30. The number of benzene rings is 1. The average molecular weight is 324 g/mol. The largest absolute Gasteiger partial charge is 0.493 e. The van der Waals surface area contributed by atoms with Gasteiger partial charge in [-0.1, -0.05) is 15.9 Å². The van der Waals surface area contributed by atoms with E-state index in [1.165, 1.54) is 16.7 Å². The fourth-order valence-electron chi connectivity index (χ4n) is 2.21. The van der Waals surface area contributed by atoms with Crippen molar-refractivity contribution in [1.82, 2.24) is 5.32 Å². The third-order valence-electron chi connectivity index (χ3n) is 3.05. The van der Waals surface area contributed by atoms with E-state index in [2.05, 4.69) is 50.2 Å². The molecule has 0 fully saturated rings. The number of halogens is 1. The SMILES string of the molecule is Brc1cc2c(c(CNCc3ccsc3)c1)OCC2. The molecule has 1 N–H and O–H groups in total. The minimum atomic E-state index is 0.809. The van der Waals surface area contributed by atoms with Gasteiger partial charge in [-0.25, -0.2) is 0 Å². The van der Waals surface area contributed by atoms with Crippen molar-refractivity contribution in [2.24, 2.45) is 0 Å². The van der Waals surface area contributed by atoms with E-state index in [0.29, 0.717) is 0 Å². The van der Waals surface area contributed by atoms with Crippen LogP contribution in [0, 0.1) is 0 Å². The van der Waals surface area contributed by atoms with E-state index < -0.39 is 0 Å². The maximum Gasteiger partial charge on any atom is 0.127 e. The number of ether oxygens (including phenoxy) is 1. The first kappa shape index (κ1) is 12.2. The van der Waals surface area contributed by atoms with Gasteiger partial charge in [0.15, 0.2) is 0 Å². The van der Waals surface area contributed by atoms with Crippen molar-refractivity contribution < 1.29 is 4.74 Å². The van der Waals surface area contributed by atoms with Crippen LogP contribution >= 0.6 is 27.3 Å². The molecule has 2 heterocycles. The molecule has 4 heteroatoms. The van der Waals surface area contributed by atoms with Gasteiger partial charge in [0.25, 0.3) is 0 Å². The standard InChI is InChI=1S/C14H14BrNOS/c15-13-5-11-1-3-17-14(11)12(6-13)8-16-7-10-2-4-18-9-10/h2,4-6,9,16H,1,3,7-8H2. The summed E-state index contributed by atoms with van der Waals surface area (Å²) in [6.45, 7) is 2.56. The second-order valence-corrected chi connectivity index (χ2v) is 6.08. The summed E-state index contributed by atoms with van der Waals surface area (Å²) < 4.78 is 6.85. The van der Waals surface area contributed by atoms with E-state index in [-0.39, 0.29) is 0 Å². The molecule has 1 aliphatic rings. The summed E-state index contributed by atoms with van der Waals surface area (Å²) in [5.41, 5.74) is 3.90. The fraction of sp³-hybridized carbons (Fsp3) is 0.286. The molecule has 0 aliphatic carbocycles. The second-order valence-electron chi connectivity index (χ2n) is 4.39. The fourth-order valence-corrected chi connectivity index (χ4v) is 3.43. The lowest BCUT2D eigenvalue weighted by Crippen LogP contribution is -2.12. The van der Waals surface area contributed by atoms with E-state index in [1.54, 1.807) is 11.3 Å². The Hall–Kier alpha value is -0.840. The van der Waals surface area contributed by atoms with Crippen LogP contribution in [-0.2, 0) is 19.5 Å². The summed E-state index contributed by atoms with van der Waals surface area (Å²) in [4.78, 5) is 0. The minimum absolute atomic E-state index is 0.809. The molecule has 0 saturated heterocycles. The van der Waals surface area contributed by atoms with Crippen LogP contribution in [0.3, 0.4) is 0 Å². The third-order valence-corrected chi connectivity index (χ3v) is 4.24. The first-order valence-corrected chi connectivity index (χ1v) is 7.72. The Morgan fingerprint density at radius 1 is 1.33 bits per heavy atom. The maximum atomic E-state index is 5.71. The van der Waals surface area contributed by atoms with Crippen molar-refractivity contribution in [2.45, 2.75) is 19.5 Å². The Kier molecular flexibility index (Phi) is 3.68. The number of hydrogen-bond acceptors (Lipinski definition) is 3. The second kappa shape index (κ2) is 5.43. The van der Waals surface area contributed by atoms with Gasteiger partial charge in [-0.15, -0.1) is 0 Å². The zero-order chi connectivity index (χ0) is 12.4. The van der Waals surface area contributed by atoms with E-state index >= 15 is 0 Å². The lowest BCUT2D eigenvalue weighted by atomic mass is 10.1. The summed E-state index contributed by atoms with van der Waals surface area (Å²) in [6.07, 6.45) is 1.02. The molecule has 0 radical (unpaired) electrons. The van der Waals surface area contributed by atoms with Gasteiger partial charge in [-0.2, -0.15) is 11.3 Å². The molecule has 0 unspecified atom stereocenters. The molecule has 1 aromatic carbocycles. The van der Waals surface area contributed by atoms with E-state index in [4.69, 9.17) is 4.74 Å². The molecule has 2 aromatic rings. The predicted molar refractivity (Wildman–Crippen MR) is 78.2 cm³/mol. The molecule has 0 spiro atoms. The molecule has 18 heavy (non-hydrogen) atoms. The first-order chi connectivity index (χ1) is 8.83. The topological polar surface area (TPSA) is 21.3 Å². The van der Waals surface area contributed by atoms with Gasteiger partial charge in [-0.05, 0) is 40.1 Å². The number of fused-ring (bicyclic) bond motifs is 1. The molecular weight excluding hydrogens is 310 g/mol. The van der Waals surface area contributed by atoms with Crippen LogP contribution in [0.4, 0.5) is 0 Å². The highest BCUT2D eigenvalue weighted by molar-refractivity contribution is 9.10. The van der Waals surface area contributed by atoms with Crippen molar-refractivity contribution in [3.8, 4) is 5.75 Å². The Morgan fingerprint density at radius 3 is 3.11 bits per heavy atom. The van der Waals surface area contributed by atoms with E-state index in [0.717, 1.165) is 36.3 Å². The van der Waals surface area contributed by atoms with Gasteiger partial charge in [0.1, 0.15) is 5.75 Å². The molecule has 2 nitrogen and oxygen atoms in total. The zero-order valence-electron chi connectivity index (χ0n) is 9.91. The van der Waals surface area contributed by atoms with E-state index in [9.17, 15) is 0 Å². The zero-order valence-corrected chi connectivity index (χ0v) is 12.3. The summed E-state index contributed by atoms with van der Waals surface area (Å²) in [5.74, 6) is 1.08. The quantitative estimate of drug-likeness (QED) is 0.925. The number of hydrogen-bond donors (Lipinski definition) is 1. The van der Waals surface area contributed by atoms with Crippen LogP contribution in [0.5, 0.6) is 5.75 Å². The summed E-state index contributed by atoms with van der Waals surface area (Å²) in [6, 6.07) is 6.45. The number of thiophene rings is 1. The Morgan fingerprint density at radius 2 is 2.28 bits per heavy atom. The Bertz CT molecular complexity index is 539. The smallest absolute Gasteiger partial charge is 0.127 e. The van der Waals surface area contributed by atoms with Crippen molar-refractivity contribution in [2.75, 3.05) is 6.61 Å². The number of nitrogens with one attached hydrogen (secondary N) is 1. The summed E-state index contributed by atoms with van der Waals surface area (Å²) in [5, 5.41) is 7.75. The first-order valence-electron chi connectivity index (χ1n) is 5.99. The molecule has 1 aliphatic heterocycles. The predicted octanol–water partition coefficient (Wildman–Crippen LogP) is 3.74. The molecule has 3 rings (SSSR count). The molecular formula is C14H14BrNOS. The van der Waals surface area contributed by atoms with Crippen LogP contribution in [-0.4, -0.2) is 6.61 Å². The lowest BCUT2D eigenvalue weighted by Gasteiger charge is -2.10. The van der Waals surface area contributed by atoms with Gasteiger partial charge in [0.05, 0.1) is 6.61 Å². The molecule has 0 amide bonds. The maximum absolute atomic E-state index is 5.71. The highest BCUT2D eigenvalue weighted by Crippen LogP contribution is 2.32. The monoisotopic (exact) mass is 323 g/mol. The normalized spacial score (nSPS) is 13.4. The number of rotatable bonds is 4. The summed E-state index contributed by atoms with van der Waals surface area (Å²) in [7, 11) is 0. The van der Waals surface area contributed by atoms with Crippen molar-refractivity contribution in [1.29, 1.82) is 0 Å². The van der Waals surface area contributed by atoms with Crippen LogP contribution in [0.15, 0.2) is 33.4 Å². The molecule has 1 aromatic heterocycles. The molecule has 0 saturated carbocycles. The van der Waals surface area contributed by atoms with Gasteiger partial charge in [0.2, 0.25) is 0 Å². The van der Waals surface area contributed by atoms with Crippen LogP contribution in [0.25, 0.3) is 0 Å². The average Bonchev–Trinajstić information content (AvgIpc) is 2.98. The third kappa shape index (κ3) is 2.60. The van der Waals surface area contributed by atoms with E-state index in [1.807, 2.05) is 0 Å². The van der Waals surface area contributed by atoms with Crippen LogP contribution in [0.1, 0.15) is 16.7 Å². The van der Waals surface area contributed by atoms with Gasteiger partial charge in [0, 0.05) is 29.5 Å². The lowest BCUT2D eigenvalue weighted by molar-refractivity contribution is 0.352. The van der Waals surface area contributed by atoms with Crippen molar-refractivity contribution in [3.05, 3.63) is 50.1 Å². The van der Waals surface area contributed by atoms with Gasteiger partial charge >= 0.3 is 0 Å². The van der Waals surface area contributed by atoms with Crippen LogP contribution in [0.2, 0.25) is 0 Å².